The van der Waals surface area contributed by atoms with Gasteiger partial charge in [0, 0.05) is 55.4 Å². The minimum Gasteiger partial charge on any atom is -0.488 e. The van der Waals surface area contributed by atoms with E-state index in [0.717, 1.165) is 19.4 Å². The number of morpholine rings is 1. The van der Waals surface area contributed by atoms with Crippen molar-refractivity contribution in [3.05, 3.63) is 64.5 Å². The van der Waals surface area contributed by atoms with Crippen molar-refractivity contribution in [1.29, 1.82) is 0 Å². The van der Waals surface area contributed by atoms with Crippen LogP contribution in [0.5, 0.6) is 5.75 Å². The number of halogens is 1. The lowest BCUT2D eigenvalue weighted by molar-refractivity contribution is -0.125. The number of amides is 2. The maximum atomic E-state index is 15.2. The molecule has 1 unspecified atom stereocenters. The Morgan fingerprint density at radius 3 is 2.69 bits per heavy atom. The molecule has 0 bridgehead atoms. The molecular formula is C26H30FN3O5. The van der Waals surface area contributed by atoms with Crippen LogP contribution in [-0.2, 0) is 34.0 Å². The number of benzene rings is 2. The molecule has 2 aromatic rings. The number of nitrogens with one attached hydrogen (secondary N) is 1. The highest BCUT2D eigenvalue weighted by Crippen LogP contribution is 2.33. The summed E-state index contributed by atoms with van der Waals surface area (Å²) in [6.07, 6.45) is 1.14. The van der Waals surface area contributed by atoms with Crippen LogP contribution >= 0.6 is 0 Å². The Morgan fingerprint density at radius 1 is 1.20 bits per heavy atom. The topological polar surface area (TPSA) is 88.2 Å². The van der Waals surface area contributed by atoms with Gasteiger partial charge in [0.15, 0.2) is 0 Å². The number of hydrogen-bond donors (Lipinski definition) is 1. The average Bonchev–Trinajstić information content (AvgIpc) is 3.22. The van der Waals surface area contributed by atoms with E-state index in [9.17, 15) is 14.4 Å². The van der Waals surface area contributed by atoms with Crippen molar-refractivity contribution in [2.45, 2.75) is 38.6 Å². The predicted molar refractivity (Wildman–Crippen MR) is 126 cm³/mol. The van der Waals surface area contributed by atoms with E-state index in [1.165, 1.54) is 11.9 Å². The number of aldehydes is 1. The van der Waals surface area contributed by atoms with Gasteiger partial charge >= 0.3 is 0 Å². The predicted octanol–water partition coefficient (Wildman–Crippen LogP) is 2.29. The molecule has 1 saturated heterocycles. The second-order valence-electron chi connectivity index (χ2n) is 8.66. The summed E-state index contributed by atoms with van der Waals surface area (Å²) in [5.74, 6) is -0.432. The number of ether oxygens (including phenoxy) is 2. The zero-order valence-electron chi connectivity index (χ0n) is 19.8. The zero-order valence-corrected chi connectivity index (χ0v) is 19.8. The zero-order chi connectivity index (χ0) is 24.8. The summed E-state index contributed by atoms with van der Waals surface area (Å²) >= 11 is 0. The highest BCUT2D eigenvalue weighted by molar-refractivity contribution is 6.01. The van der Waals surface area contributed by atoms with Crippen LogP contribution in [0.1, 0.15) is 39.9 Å². The van der Waals surface area contributed by atoms with Crippen LogP contribution in [0, 0.1) is 5.82 Å². The molecule has 0 saturated carbocycles. The molecule has 0 spiro atoms. The first-order valence-corrected chi connectivity index (χ1v) is 11.8. The van der Waals surface area contributed by atoms with Crippen LogP contribution in [0.2, 0.25) is 0 Å². The summed E-state index contributed by atoms with van der Waals surface area (Å²) in [5, 5.41) is 2.57. The van der Waals surface area contributed by atoms with E-state index in [4.69, 9.17) is 9.47 Å². The number of likely N-dealkylation sites (N-methyl/N-ethyl adjacent to an activating group) is 1. The van der Waals surface area contributed by atoms with Crippen LogP contribution in [0.4, 0.5) is 4.39 Å². The Morgan fingerprint density at radius 2 is 1.94 bits per heavy atom. The van der Waals surface area contributed by atoms with Gasteiger partial charge in [-0.25, -0.2) is 4.39 Å². The second-order valence-corrected chi connectivity index (χ2v) is 8.66. The fourth-order valence-electron chi connectivity index (χ4n) is 4.56. The van der Waals surface area contributed by atoms with Gasteiger partial charge in [-0.3, -0.25) is 14.5 Å². The molecule has 2 aromatic carbocycles. The number of rotatable bonds is 10. The standard InChI is InChI=1S/C26H30FN3O5/c1-28-25(32)22(8-4-12-31)30-16-21-20(26(30)33)7-3-9-23(21)35-17-19-6-2-5-18(24(19)27)15-29-10-13-34-14-11-29/h2-3,5-7,9,12,22H,4,8,10-11,13-17H2,1H3,(H,28,32). The molecule has 35 heavy (non-hydrogen) atoms. The van der Waals surface area contributed by atoms with E-state index in [0.29, 0.717) is 47.8 Å². The van der Waals surface area contributed by atoms with Crippen LogP contribution in [0.25, 0.3) is 0 Å². The van der Waals surface area contributed by atoms with Crippen molar-refractivity contribution in [2.24, 2.45) is 0 Å². The van der Waals surface area contributed by atoms with Gasteiger partial charge in [-0.2, -0.15) is 0 Å². The van der Waals surface area contributed by atoms with E-state index in [2.05, 4.69) is 10.2 Å². The molecule has 1 N–H and O–H groups in total. The molecular weight excluding hydrogens is 453 g/mol. The second kappa shape index (κ2) is 11.4. The Balaban J connectivity index is 1.49. The lowest BCUT2D eigenvalue weighted by atomic mass is 10.1. The molecule has 2 aliphatic heterocycles. The molecule has 4 rings (SSSR count). The fraction of sp³-hybridized carbons (Fsp3) is 0.423. The van der Waals surface area contributed by atoms with Crippen molar-refractivity contribution >= 4 is 18.1 Å². The van der Waals surface area contributed by atoms with Gasteiger partial charge in [-0.1, -0.05) is 24.3 Å². The Kier molecular flexibility index (Phi) is 8.09. The van der Waals surface area contributed by atoms with E-state index >= 15 is 4.39 Å². The summed E-state index contributed by atoms with van der Waals surface area (Å²) in [5.41, 5.74) is 2.14. The van der Waals surface area contributed by atoms with E-state index in [-0.39, 0.29) is 43.6 Å². The van der Waals surface area contributed by atoms with Crippen molar-refractivity contribution in [3.63, 3.8) is 0 Å². The van der Waals surface area contributed by atoms with Gasteiger partial charge in [0.05, 0.1) is 19.8 Å². The summed E-state index contributed by atoms with van der Waals surface area (Å²) in [4.78, 5) is 40.0. The van der Waals surface area contributed by atoms with Crippen molar-refractivity contribution in [1.82, 2.24) is 15.1 Å². The summed E-state index contributed by atoms with van der Waals surface area (Å²) < 4.78 is 26.6. The first-order valence-electron chi connectivity index (χ1n) is 11.8. The maximum absolute atomic E-state index is 15.2. The maximum Gasteiger partial charge on any atom is 0.255 e. The van der Waals surface area contributed by atoms with Crippen LogP contribution in [0.15, 0.2) is 36.4 Å². The third-order valence-electron chi connectivity index (χ3n) is 6.48. The number of nitrogens with zero attached hydrogens (tertiary/aromatic N) is 2. The average molecular weight is 484 g/mol. The van der Waals surface area contributed by atoms with Gasteiger partial charge in [0.2, 0.25) is 5.91 Å². The molecule has 0 radical (unpaired) electrons. The van der Waals surface area contributed by atoms with Crippen molar-refractivity contribution in [2.75, 3.05) is 33.4 Å². The summed E-state index contributed by atoms with van der Waals surface area (Å²) in [6, 6.07) is 9.68. The van der Waals surface area contributed by atoms with Gasteiger partial charge < -0.3 is 24.5 Å². The first-order chi connectivity index (χ1) is 17.0. The summed E-state index contributed by atoms with van der Waals surface area (Å²) in [6.45, 7) is 3.53. The summed E-state index contributed by atoms with van der Waals surface area (Å²) in [7, 11) is 1.50. The van der Waals surface area contributed by atoms with Crippen LogP contribution < -0.4 is 10.1 Å². The van der Waals surface area contributed by atoms with Crippen LogP contribution in [-0.4, -0.2) is 67.3 Å². The third kappa shape index (κ3) is 5.52. The van der Waals surface area contributed by atoms with Gasteiger partial charge in [-0.15, -0.1) is 0 Å². The highest BCUT2D eigenvalue weighted by Gasteiger charge is 2.37. The smallest absolute Gasteiger partial charge is 0.255 e. The molecule has 2 amide bonds. The number of carbonyl (C=O) groups is 3. The van der Waals surface area contributed by atoms with Gasteiger partial charge in [0.25, 0.3) is 5.91 Å². The van der Waals surface area contributed by atoms with E-state index in [1.54, 1.807) is 30.3 Å². The largest absolute Gasteiger partial charge is 0.488 e. The molecule has 186 valence electrons. The van der Waals surface area contributed by atoms with Gasteiger partial charge in [-0.05, 0) is 18.6 Å². The first kappa shape index (κ1) is 24.8. The Bertz CT molecular complexity index is 1090. The SMILES string of the molecule is CNC(=O)C(CCC=O)N1Cc2c(OCc3cccc(CN4CCOCC4)c3F)cccc2C1=O. The molecule has 1 atom stereocenters. The molecule has 2 aliphatic rings. The fourth-order valence-corrected chi connectivity index (χ4v) is 4.56. The molecule has 8 nitrogen and oxygen atoms in total. The lowest BCUT2D eigenvalue weighted by Crippen LogP contribution is -2.46. The highest BCUT2D eigenvalue weighted by atomic mass is 19.1. The van der Waals surface area contributed by atoms with E-state index in [1.807, 2.05) is 6.07 Å². The molecule has 9 heteroatoms. The number of fused-ring (bicyclic) bond motifs is 1. The van der Waals surface area contributed by atoms with Crippen molar-refractivity contribution in [3.8, 4) is 5.75 Å². The monoisotopic (exact) mass is 483 g/mol. The molecule has 1 fully saturated rings. The number of hydrogen-bond acceptors (Lipinski definition) is 6. The van der Waals surface area contributed by atoms with Crippen molar-refractivity contribution < 1.29 is 28.2 Å². The Labute approximate surface area is 204 Å². The molecule has 0 aliphatic carbocycles. The third-order valence-corrected chi connectivity index (χ3v) is 6.48. The van der Waals surface area contributed by atoms with Gasteiger partial charge in [0.1, 0.15) is 30.5 Å². The molecule has 2 heterocycles. The normalized spacial score (nSPS) is 16.6. The Hall–Kier alpha value is -3.30. The number of carbonyl (C=O) groups excluding carboxylic acids is 3. The lowest BCUT2D eigenvalue weighted by Gasteiger charge is -2.27. The quantitative estimate of drug-likeness (QED) is 0.522. The van der Waals surface area contributed by atoms with E-state index < -0.39 is 6.04 Å². The van der Waals surface area contributed by atoms with Crippen LogP contribution in [0.3, 0.4) is 0 Å². The molecule has 0 aromatic heterocycles. The minimum absolute atomic E-state index is 0.0114. The minimum atomic E-state index is -0.757.